The molecule has 2 unspecified atom stereocenters. The van der Waals surface area contributed by atoms with Gasteiger partial charge in [0, 0.05) is 0 Å². The summed E-state index contributed by atoms with van der Waals surface area (Å²) in [5.41, 5.74) is -0.0439. The van der Waals surface area contributed by atoms with Crippen LogP contribution in [0.4, 0.5) is 0 Å². The van der Waals surface area contributed by atoms with E-state index in [0.29, 0.717) is 5.92 Å². The Kier molecular flexibility index (Phi) is 2.93. The van der Waals surface area contributed by atoms with E-state index in [9.17, 15) is 19.8 Å². The molecular formula is C16H24O4. The minimum Gasteiger partial charge on any atom is -0.481 e. The quantitative estimate of drug-likeness (QED) is 0.810. The molecule has 0 spiro atoms. The van der Waals surface area contributed by atoms with E-state index in [1.165, 1.54) is 6.42 Å². The summed E-state index contributed by atoms with van der Waals surface area (Å²) in [6, 6.07) is 0. The van der Waals surface area contributed by atoms with Crippen molar-refractivity contribution < 1.29 is 19.8 Å². The van der Waals surface area contributed by atoms with Gasteiger partial charge in [-0.05, 0) is 60.7 Å². The lowest BCUT2D eigenvalue weighted by atomic mass is 9.38. The average Bonchev–Trinajstić information content (AvgIpc) is 2.23. The molecule has 2 N–H and O–H groups in total. The summed E-state index contributed by atoms with van der Waals surface area (Å²) in [6.45, 7) is 2.19. The van der Waals surface area contributed by atoms with Gasteiger partial charge in [0.15, 0.2) is 0 Å². The molecule has 0 aromatic carbocycles. The molecule has 0 amide bonds. The van der Waals surface area contributed by atoms with Gasteiger partial charge in [0.25, 0.3) is 0 Å². The fraction of sp³-hybridized carbons (Fsp3) is 0.875. The Morgan fingerprint density at radius 2 is 1.30 bits per heavy atom. The normalized spacial score (nSPS) is 45.5. The number of carboxylic acid groups (broad SMARTS) is 2. The maximum absolute atomic E-state index is 11.3. The van der Waals surface area contributed by atoms with Crippen molar-refractivity contribution in [3.05, 3.63) is 0 Å². The Labute approximate surface area is 119 Å². The molecule has 4 nitrogen and oxygen atoms in total. The van der Waals surface area contributed by atoms with E-state index in [1.807, 2.05) is 0 Å². The van der Waals surface area contributed by atoms with E-state index < -0.39 is 11.9 Å². The fourth-order valence-corrected chi connectivity index (χ4v) is 6.49. The van der Waals surface area contributed by atoms with Gasteiger partial charge in [0.05, 0.1) is 12.8 Å². The fourth-order valence-electron chi connectivity index (χ4n) is 6.49. The van der Waals surface area contributed by atoms with E-state index in [2.05, 4.69) is 6.92 Å². The first kappa shape index (κ1) is 13.9. The third kappa shape index (κ3) is 2.13. The first-order valence-electron chi connectivity index (χ1n) is 7.74. The second-order valence-corrected chi connectivity index (χ2v) is 8.00. The van der Waals surface area contributed by atoms with Crippen LogP contribution >= 0.6 is 0 Å². The highest BCUT2D eigenvalue weighted by molar-refractivity contribution is 5.69. The summed E-state index contributed by atoms with van der Waals surface area (Å²) in [5, 5.41) is 18.6. The van der Waals surface area contributed by atoms with Gasteiger partial charge in [0.2, 0.25) is 0 Å². The van der Waals surface area contributed by atoms with Crippen molar-refractivity contribution in [1.29, 1.82) is 0 Å². The standard InChI is InChI=1S/C16H24O4/c1-2-14-3-11-4-15(8-14,6-12(17)18)10-16(5-11,9-14)7-13(19)20/h11H,2-10H2,1H3,(H,17,18)(H,19,20). The summed E-state index contributed by atoms with van der Waals surface area (Å²) < 4.78 is 0. The van der Waals surface area contributed by atoms with Gasteiger partial charge in [-0.2, -0.15) is 0 Å². The highest BCUT2D eigenvalue weighted by atomic mass is 16.4. The Hall–Kier alpha value is -1.06. The zero-order valence-corrected chi connectivity index (χ0v) is 12.2. The first-order chi connectivity index (χ1) is 9.30. The summed E-state index contributed by atoms with van der Waals surface area (Å²) in [6.07, 6.45) is 7.53. The van der Waals surface area contributed by atoms with Crippen molar-refractivity contribution in [2.24, 2.45) is 22.2 Å². The van der Waals surface area contributed by atoms with Crippen LogP contribution in [0, 0.1) is 22.2 Å². The minimum absolute atomic E-state index is 0.128. The molecule has 0 radical (unpaired) electrons. The topological polar surface area (TPSA) is 74.6 Å². The van der Waals surface area contributed by atoms with Crippen molar-refractivity contribution in [3.63, 3.8) is 0 Å². The molecule has 4 aliphatic rings. The van der Waals surface area contributed by atoms with Crippen LogP contribution in [0.3, 0.4) is 0 Å². The number of hydrogen-bond acceptors (Lipinski definition) is 2. The van der Waals surface area contributed by atoms with Crippen LogP contribution in [0.15, 0.2) is 0 Å². The zero-order chi connectivity index (χ0) is 14.6. The van der Waals surface area contributed by atoms with Crippen molar-refractivity contribution in [2.75, 3.05) is 0 Å². The molecule has 0 aromatic heterocycles. The molecule has 4 aliphatic carbocycles. The van der Waals surface area contributed by atoms with E-state index in [1.54, 1.807) is 0 Å². The summed E-state index contributed by atoms with van der Waals surface area (Å²) in [7, 11) is 0. The number of rotatable bonds is 5. The number of aliphatic carboxylic acids is 2. The van der Waals surface area contributed by atoms with E-state index in [4.69, 9.17) is 0 Å². The highest BCUT2D eigenvalue weighted by Crippen LogP contribution is 2.72. The van der Waals surface area contributed by atoms with Crippen molar-refractivity contribution in [1.82, 2.24) is 0 Å². The van der Waals surface area contributed by atoms with Gasteiger partial charge in [-0.1, -0.05) is 13.3 Å². The molecule has 2 atom stereocenters. The smallest absolute Gasteiger partial charge is 0.303 e. The summed E-state index contributed by atoms with van der Waals surface area (Å²) in [5.74, 6) is -0.891. The number of carboxylic acids is 2. The lowest BCUT2D eigenvalue weighted by Crippen LogP contribution is -2.57. The van der Waals surface area contributed by atoms with E-state index >= 15 is 0 Å². The lowest BCUT2D eigenvalue weighted by molar-refractivity contribution is -0.180. The van der Waals surface area contributed by atoms with Gasteiger partial charge >= 0.3 is 11.9 Å². The largest absolute Gasteiger partial charge is 0.481 e. The Morgan fingerprint density at radius 1 is 0.900 bits per heavy atom. The van der Waals surface area contributed by atoms with Crippen LogP contribution in [0.1, 0.15) is 64.7 Å². The molecular weight excluding hydrogens is 256 g/mol. The maximum atomic E-state index is 11.3. The molecule has 112 valence electrons. The second-order valence-electron chi connectivity index (χ2n) is 8.00. The Balaban J connectivity index is 1.96. The highest BCUT2D eigenvalue weighted by Gasteiger charge is 2.63. The van der Waals surface area contributed by atoms with Gasteiger partial charge in [-0.3, -0.25) is 9.59 Å². The molecule has 4 bridgehead atoms. The predicted molar refractivity (Wildman–Crippen MR) is 73.3 cm³/mol. The average molecular weight is 280 g/mol. The van der Waals surface area contributed by atoms with Gasteiger partial charge in [-0.25, -0.2) is 0 Å². The Bertz CT molecular complexity index is 423. The minimum atomic E-state index is -0.719. The lowest BCUT2D eigenvalue weighted by Gasteiger charge is -2.66. The van der Waals surface area contributed by atoms with Crippen molar-refractivity contribution in [2.45, 2.75) is 64.7 Å². The van der Waals surface area contributed by atoms with Crippen LogP contribution in [0.2, 0.25) is 0 Å². The molecule has 0 aliphatic heterocycles. The van der Waals surface area contributed by atoms with E-state index in [0.717, 1.165) is 38.5 Å². The molecule has 20 heavy (non-hydrogen) atoms. The predicted octanol–water partition coefficient (Wildman–Crippen LogP) is 3.30. The van der Waals surface area contributed by atoms with Gasteiger partial charge < -0.3 is 10.2 Å². The van der Waals surface area contributed by atoms with Crippen molar-refractivity contribution in [3.8, 4) is 0 Å². The third-order valence-corrected chi connectivity index (χ3v) is 6.22. The van der Waals surface area contributed by atoms with Crippen molar-refractivity contribution >= 4 is 11.9 Å². The molecule has 4 heteroatoms. The molecule has 0 saturated heterocycles. The number of carbonyl (C=O) groups is 2. The summed E-state index contributed by atoms with van der Waals surface area (Å²) in [4.78, 5) is 22.6. The molecule has 0 aromatic rings. The molecule has 0 heterocycles. The van der Waals surface area contributed by atoms with Crippen LogP contribution in [-0.4, -0.2) is 22.2 Å². The van der Waals surface area contributed by atoms with Gasteiger partial charge in [0.1, 0.15) is 0 Å². The third-order valence-electron chi connectivity index (χ3n) is 6.22. The molecule has 4 fully saturated rings. The van der Waals surface area contributed by atoms with E-state index in [-0.39, 0.29) is 29.1 Å². The Morgan fingerprint density at radius 3 is 1.70 bits per heavy atom. The van der Waals surface area contributed by atoms with Crippen LogP contribution in [0.5, 0.6) is 0 Å². The first-order valence-corrected chi connectivity index (χ1v) is 7.74. The second kappa shape index (κ2) is 4.22. The van der Waals surface area contributed by atoms with Gasteiger partial charge in [-0.15, -0.1) is 0 Å². The monoisotopic (exact) mass is 280 g/mol. The summed E-state index contributed by atoms with van der Waals surface area (Å²) >= 11 is 0. The van der Waals surface area contributed by atoms with Crippen LogP contribution in [0.25, 0.3) is 0 Å². The maximum Gasteiger partial charge on any atom is 0.303 e. The van der Waals surface area contributed by atoms with Crippen LogP contribution < -0.4 is 0 Å². The van der Waals surface area contributed by atoms with Crippen LogP contribution in [-0.2, 0) is 9.59 Å². The SMILES string of the molecule is CCC12CC3CC(CC(=O)O)(C1)CC(CC(=O)O)(C3)C2. The number of hydrogen-bond donors (Lipinski definition) is 2. The zero-order valence-electron chi connectivity index (χ0n) is 12.2. The molecule has 4 rings (SSSR count). The molecule has 4 saturated carbocycles.